The summed E-state index contributed by atoms with van der Waals surface area (Å²) in [5, 5.41) is 3.78. The molecule has 1 unspecified atom stereocenters. The van der Waals surface area contributed by atoms with E-state index in [0.717, 1.165) is 5.56 Å². The highest BCUT2D eigenvalue weighted by Crippen LogP contribution is 2.17. The van der Waals surface area contributed by atoms with Gasteiger partial charge in [-0.3, -0.25) is 0 Å². The van der Waals surface area contributed by atoms with Gasteiger partial charge in [-0.2, -0.15) is 0 Å². The summed E-state index contributed by atoms with van der Waals surface area (Å²) < 4.78 is 17.2. The smallest absolute Gasteiger partial charge is 0.350 e. The molecule has 0 bridgehead atoms. The van der Waals surface area contributed by atoms with Crippen molar-refractivity contribution in [3.8, 4) is 0 Å². The van der Waals surface area contributed by atoms with E-state index in [2.05, 4.69) is 9.89 Å². The Morgan fingerprint density at radius 3 is 2.81 bits per heavy atom. The standard InChI is InChI=1S/C11H10FNO3/c1-15-11(14)10-6-9(13-16-10)7-2-4-8(12)5-3-7/h2-5,10H,6H2,1H3/i12-1. The predicted molar refractivity (Wildman–Crippen MR) is 54.4 cm³/mol. The number of esters is 1. The van der Waals surface area contributed by atoms with Crippen molar-refractivity contribution in [3.63, 3.8) is 0 Å². The second-order valence-electron chi connectivity index (χ2n) is 3.37. The topological polar surface area (TPSA) is 47.9 Å². The van der Waals surface area contributed by atoms with Crippen molar-refractivity contribution in [2.45, 2.75) is 12.5 Å². The van der Waals surface area contributed by atoms with E-state index < -0.39 is 12.1 Å². The van der Waals surface area contributed by atoms with Gasteiger partial charge in [-0.05, 0) is 17.7 Å². The van der Waals surface area contributed by atoms with Crippen LogP contribution in [-0.2, 0) is 14.4 Å². The lowest BCUT2D eigenvalue weighted by molar-refractivity contribution is -0.152. The maximum absolute atomic E-state index is 12.7. The van der Waals surface area contributed by atoms with Crippen molar-refractivity contribution in [2.24, 2.45) is 5.16 Å². The van der Waals surface area contributed by atoms with E-state index in [1.807, 2.05) is 0 Å². The molecule has 1 atom stereocenters. The molecule has 0 fully saturated rings. The number of rotatable bonds is 2. The minimum atomic E-state index is -0.690. The van der Waals surface area contributed by atoms with E-state index in [4.69, 9.17) is 4.84 Å². The minimum Gasteiger partial charge on any atom is -0.466 e. The Labute approximate surface area is 91.7 Å². The highest BCUT2D eigenvalue weighted by Gasteiger charge is 2.29. The van der Waals surface area contributed by atoms with Crippen molar-refractivity contribution in [3.05, 3.63) is 35.6 Å². The fourth-order valence-electron chi connectivity index (χ4n) is 1.45. The van der Waals surface area contributed by atoms with Crippen LogP contribution in [-0.4, -0.2) is 24.9 Å². The van der Waals surface area contributed by atoms with Crippen molar-refractivity contribution in [1.82, 2.24) is 0 Å². The summed E-state index contributed by atoms with van der Waals surface area (Å²) in [4.78, 5) is 16.1. The normalized spacial score (nSPS) is 18.9. The Bertz CT molecular complexity index is 427. The molecule has 5 heteroatoms. The molecule has 0 amide bonds. The molecule has 0 aliphatic carbocycles. The third-order valence-electron chi connectivity index (χ3n) is 2.31. The number of nitrogens with zero attached hydrogens (tertiary/aromatic N) is 1. The summed E-state index contributed by atoms with van der Waals surface area (Å²) in [6.07, 6.45) is -0.344. The fraction of sp³-hybridized carbons (Fsp3) is 0.273. The van der Waals surface area contributed by atoms with E-state index in [9.17, 15) is 9.18 Å². The number of hydrogen-bond acceptors (Lipinski definition) is 4. The maximum Gasteiger partial charge on any atom is 0.350 e. The number of methoxy groups -OCH3 is 1. The van der Waals surface area contributed by atoms with Gasteiger partial charge in [0.1, 0.15) is 5.82 Å². The summed E-state index contributed by atoms with van der Waals surface area (Å²) >= 11 is 0. The van der Waals surface area contributed by atoms with Crippen molar-refractivity contribution >= 4 is 11.7 Å². The number of benzene rings is 1. The molecule has 1 aromatic carbocycles. The van der Waals surface area contributed by atoms with Crippen LogP contribution in [0.4, 0.5) is 4.39 Å². The predicted octanol–water partition coefficient (Wildman–Crippen LogP) is 1.49. The molecule has 0 aromatic heterocycles. The van der Waals surface area contributed by atoms with Crippen LogP contribution in [0.2, 0.25) is 0 Å². The number of carbonyl (C=O) groups is 1. The molecule has 84 valence electrons. The molecule has 16 heavy (non-hydrogen) atoms. The van der Waals surface area contributed by atoms with Gasteiger partial charge >= 0.3 is 5.97 Å². The fourth-order valence-corrected chi connectivity index (χ4v) is 1.45. The van der Waals surface area contributed by atoms with Crippen LogP contribution in [0.1, 0.15) is 12.0 Å². The lowest BCUT2D eigenvalue weighted by Gasteiger charge is -2.04. The number of carbonyl (C=O) groups excluding carboxylic acids is 1. The average Bonchev–Trinajstić information content (AvgIpc) is 2.78. The SMILES string of the molecule is COC(=O)C1CC(c2ccc([18F])cc2)=NO1. The molecule has 1 aliphatic heterocycles. The van der Waals surface area contributed by atoms with E-state index in [0.29, 0.717) is 12.1 Å². The van der Waals surface area contributed by atoms with E-state index in [1.165, 1.54) is 19.2 Å². The zero-order valence-electron chi connectivity index (χ0n) is 8.64. The molecule has 0 saturated heterocycles. The molecule has 1 heterocycles. The third kappa shape index (κ3) is 2.03. The molecule has 1 aromatic rings. The Balaban J connectivity index is 2.08. The first kappa shape index (κ1) is 10.6. The Kier molecular flexibility index (Phi) is 2.85. The molecule has 2 rings (SSSR count). The van der Waals surface area contributed by atoms with Gasteiger partial charge in [-0.15, -0.1) is 0 Å². The molecule has 0 spiro atoms. The van der Waals surface area contributed by atoms with Gasteiger partial charge in [0.2, 0.25) is 6.10 Å². The largest absolute Gasteiger partial charge is 0.466 e. The molecule has 0 N–H and O–H groups in total. The first-order valence-electron chi connectivity index (χ1n) is 4.77. The lowest BCUT2D eigenvalue weighted by atomic mass is 10.1. The zero-order chi connectivity index (χ0) is 11.5. The average molecular weight is 222 g/mol. The van der Waals surface area contributed by atoms with Gasteiger partial charge in [0.15, 0.2) is 0 Å². The van der Waals surface area contributed by atoms with Crippen molar-refractivity contribution in [2.75, 3.05) is 7.11 Å². The second-order valence-corrected chi connectivity index (χ2v) is 3.37. The number of halogens is 1. The van der Waals surface area contributed by atoms with Crippen LogP contribution < -0.4 is 0 Å². The molecular weight excluding hydrogens is 212 g/mol. The van der Waals surface area contributed by atoms with Crippen LogP contribution in [0.5, 0.6) is 0 Å². The quantitative estimate of drug-likeness (QED) is 0.712. The Morgan fingerprint density at radius 1 is 1.50 bits per heavy atom. The maximum atomic E-state index is 12.7. The van der Waals surface area contributed by atoms with Gasteiger partial charge in [0, 0.05) is 6.42 Å². The highest BCUT2D eigenvalue weighted by atomic mass is 18.2. The van der Waals surface area contributed by atoms with Crippen LogP contribution in [0.15, 0.2) is 29.4 Å². The van der Waals surface area contributed by atoms with E-state index in [-0.39, 0.29) is 5.82 Å². The minimum absolute atomic E-state index is 0.312. The summed E-state index contributed by atoms with van der Waals surface area (Å²) in [7, 11) is 1.29. The van der Waals surface area contributed by atoms with Crippen LogP contribution in [0, 0.1) is 5.82 Å². The van der Waals surface area contributed by atoms with Crippen LogP contribution in [0.25, 0.3) is 0 Å². The van der Waals surface area contributed by atoms with Gasteiger partial charge < -0.3 is 9.57 Å². The van der Waals surface area contributed by atoms with Crippen LogP contribution >= 0.6 is 0 Å². The van der Waals surface area contributed by atoms with E-state index in [1.54, 1.807) is 12.1 Å². The molecule has 4 nitrogen and oxygen atoms in total. The number of hydrogen-bond donors (Lipinski definition) is 0. The van der Waals surface area contributed by atoms with Crippen molar-refractivity contribution in [1.29, 1.82) is 0 Å². The lowest BCUT2D eigenvalue weighted by Crippen LogP contribution is -2.22. The molecule has 0 saturated carbocycles. The summed E-state index contributed by atoms with van der Waals surface area (Å²) in [5.74, 6) is -0.770. The van der Waals surface area contributed by atoms with Gasteiger partial charge in [0.25, 0.3) is 0 Å². The third-order valence-corrected chi connectivity index (χ3v) is 2.31. The van der Waals surface area contributed by atoms with Gasteiger partial charge in [-0.1, -0.05) is 17.3 Å². The van der Waals surface area contributed by atoms with E-state index >= 15 is 0 Å². The summed E-state index contributed by atoms with van der Waals surface area (Å²) in [6.45, 7) is 0. The Hall–Kier alpha value is -1.91. The zero-order valence-corrected chi connectivity index (χ0v) is 8.64. The highest BCUT2D eigenvalue weighted by molar-refractivity contribution is 6.03. The Morgan fingerprint density at radius 2 is 2.19 bits per heavy atom. The van der Waals surface area contributed by atoms with Crippen molar-refractivity contribution < 1.29 is 18.8 Å². The summed E-state index contributed by atoms with van der Waals surface area (Å²) in [5.41, 5.74) is 1.36. The molecular formula is C11H10FNO3. The first-order chi connectivity index (χ1) is 7.70. The number of ether oxygens (including phenoxy) is 1. The van der Waals surface area contributed by atoms with Gasteiger partial charge in [0.05, 0.1) is 12.8 Å². The monoisotopic (exact) mass is 222 g/mol. The second kappa shape index (κ2) is 4.30. The van der Waals surface area contributed by atoms with Crippen LogP contribution in [0.3, 0.4) is 0 Å². The summed E-state index contributed by atoms with van der Waals surface area (Å²) in [6, 6.07) is 5.86. The molecule has 0 radical (unpaired) electrons. The molecule has 1 aliphatic rings. The first-order valence-corrected chi connectivity index (χ1v) is 4.77. The van der Waals surface area contributed by atoms with Gasteiger partial charge in [-0.25, -0.2) is 9.18 Å². The number of oxime groups is 1.